The molecule has 1 aliphatic carbocycles. The van der Waals surface area contributed by atoms with E-state index in [0.29, 0.717) is 32.7 Å². The second-order valence-corrected chi connectivity index (χ2v) is 9.83. The van der Waals surface area contributed by atoms with E-state index in [1.807, 2.05) is 6.08 Å². The summed E-state index contributed by atoms with van der Waals surface area (Å²) in [5.41, 5.74) is 4.71. The molecule has 1 saturated carbocycles. The quantitative estimate of drug-likeness (QED) is 0.351. The topological polar surface area (TPSA) is 76.1 Å². The average molecular weight is 492 g/mol. The first-order chi connectivity index (χ1) is 17.5. The summed E-state index contributed by atoms with van der Waals surface area (Å²) in [6.45, 7) is 5.40. The van der Waals surface area contributed by atoms with Crippen LogP contribution in [0.1, 0.15) is 43.2 Å². The van der Waals surface area contributed by atoms with Crippen LogP contribution in [0.15, 0.2) is 60.7 Å². The molecule has 36 heavy (non-hydrogen) atoms. The minimum Gasteiger partial charge on any atom is -0.481 e. The summed E-state index contributed by atoms with van der Waals surface area (Å²) in [6, 6.07) is 16.8. The molecule has 1 heterocycles. The van der Waals surface area contributed by atoms with E-state index in [1.165, 1.54) is 16.7 Å². The third kappa shape index (κ3) is 7.12. The van der Waals surface area contributed by atoms with Crippen LogP contribution in [-0.4, -0.2) is 60.2 Å². The molecule has 6 heteroatoms. The predicted octanol–water partition coefficient (Wildman–Crippen LogP) is 5.04. The van der Waals surface area contributed by atoms with Crippen LogP contribution in [0.25, 0.3) is 11.1 Å². The minimum atomic E-state index is -0.766. The Kier molecular flexibility index (Phi) is 9.45. The van der Waals surface area contributed by atoms with E-state index >= 15 is 0 Å². The Morgan fingerprint density at radius 2 is 1.72 bits per heavy atom. The zero-order valence-electron chi connectivity index (χ0n) is 21.1. The van der Waals surface area contributed by atoms with Gasteiger partial charge in [0.05, 0.1) is 32.0 Å². The van der Waals surface area contributed by atoms with Crippen molar-refractivity contribution >= 4 is 11.8 Å². The summed E-state index contributed by atoms with van der Waals surface area (Å²) in [5.74, 6) is -0.434. The van der Waals surface area contributed by atoms with E-state index in [1.54, 1.807) is 0 Å². The van der Waals surface area contributed by atoms with E-state index in [-0.39, 0.29) is 30.3 Å². The second kappa shape index (κ2) is 12.9. The van der Waals surface area contributed by atoms with Crippen LogP contribution in [-0.2, 0) is 25.7 Å². The first-order valence-corrected chi connectivity index (χ1v) is 13.0. The van der Waals surface area contributed by atoms with Crippen molar-refractivity contribution in [3.8, 4) is 11.1 Å². The SMILES string of the molecule is Cc1ccc(-c2ccc(CO[C@H]3CC(=O)[C@H](N4CCOCC4)[C@H]3CC=CCCCC(=O)O)cc2)cc1. The number of carbonyl (C=O) groups excluding carboxylic acids is 1. The maximum absolute atomic E-state index is 13.1. The fourth-order valence-corrected chi connectivity index (χ4v) is 5.19. The number of ketones is 1. The molecule has 1 N–H and O–H groups in total. The number of Topliss-reactive ketones (excluding diaryl/α,β-unsaturated/α-hetero) is 1. The van der Waals surface area contributed by atoms with Crippen molar-refractivity contribution in [1.29, 1.82) is 0 Å². The molecule has 4 rings (SSSR count). The largest absolute Gasteiger partial charge is 0.481 e. The summed E-state index contributed by atoms with van der Waals surface area (Å²) in [7, 11) is 0. The average Bonchev–Trinajstić information content (AvgIpc) is 3.20. The fourth-order valence-electron chi connectivity index (χ4n) is 5.19. The second-order valence-electron chi connectivity index (χ2n) is 9.83. The molecule has 1 saturated heterocycles. The van der Waals surface area contributed by atoms with Gasteiger partial charge < -0.3 is 14.6 Å². The Labute approximate surface area is 213 Å². The monoisotopic (exact) mass is 491 g/mol. The summed E-state index contributed by atoms with van der Waals surface area (Å²) in [4.78, 5) is 26.1. The Morgan fingerprint density at radius 3 is 2.39 bits per heavy atom. The van der Waals surface area contributed by atoms with Gasteiger partial charge in [0.15, 0.2) is 5.78 Å². The molecular formula is C30H37NO5. The Bertz CT molecular complexity index is 1020. The van der Waals surface area contributed by atoms with Crippen molar-refractivity contribution in [3.63, 3.8) is 0 Å². The van der Waals surface area contributed by atoms with Crippen molar-refractivity contribution in [2.45, 2.75) is 57.8 Å². The third-order valence-corrected chi connectivity index (χ3v) is 7.19. The van der Waals surface area contributed by atoms with Crippen molar-refractivity contribution in [2.24, 2.45) is 5.92 Å². The van der Waals surface area contributed by atoms with Crippen molar-refractivity contribution < 1.29 is 24.2 Å². The lowest BCUT2D eigenvalue weighted by atomic mass is 9.95. The number of carbonyl (C=O) groups is 2. The first kappa shape index (κ1) is 26.3. The number of carboxylic acid groups (broad SMARTS) is 1. The normalized spacial score (nSPS) is 22.9. The Morgan fingerprint density at radius 1 is 1.06 bits per heavy atom. The number of aryl methyl sites for hydroxylation is 1. The Balaban J connectivity index is 1.38. The highest BCUT2D eigenvalue weighted by Crippen LogP contribution is 2.34. The highest BCUT2D eigenvalue weighted by atomic mass is 16.5. The van der Waals surface area contributed by atoms with Gasteiger partial charge in [0.2, 0.25) is 0 Å². The lowest BCUT2D eigenvalue weighted by molar-refractivity contribution is -0.137. The van der Waals surface area contributed by atoms with Crippen molar-refractivity contribution in [1.82, 2.24) is 4.90 Å². The summed E-state index contributed by atoms with van der Waals surface area (Å²) >= 11 is 0. The highest BCUT2D eigenvalue weighted by Gasteiger charge is 2.45. The molecule has 2 aromatic rings. The van der Waals surface area contributed by atoms with E-state index in [9.17, 15) is 9.59 Å². The molecule has 0 amide bonds. The van der Waals surface area contributed by atoms with Gasteiger partial charge in [-0.2, -0.15) is 0 Å². The lowest BCUT2D eigenvalue weighted by Gasteiger charge is -2.35. The van der Waals surface area contributed by atoms with E-state index in [0.717, 1.165) is 31.5 Å². The van der Waals surface area contributed by atoms with Gasteiger partial charge in [-0.25, -0.2) is 0 Å². The number of carboxylic acids is 1. The summed E-state index contributed by atoms with van der Waals surface area (Å²) in [5, 5.41) is 8.83. The number of allylic oxidation sites excluding steroid dienone is 2. The zero-order valence-corrected chi connectivity index (χ0v) is 21.1. The number of aliphatic carboxylic acids is 1. The van der Waals surface area contributed by atoms with Crippen molar-refractivity contribution in [2.75, 3.05) is 26.3 Å². The molecule has 1 aliphatic heterocycles. The van der Waals surface area contributed by atoms with Gasteiger partial charge in [0.25, 0.3) is 0 Å². The fraction of sp³-hybridized carbons (Fsp3) is 0.467. The van der Waals surface area contributed by atoms with Gasteiger partial charge in [0.1, 0.15) is 0 Å². The van der Waals surface area contributed by atoms with Crippen LogP contribution < -0.4 is 0 Å². The molecule has 0 aromatic heterocycles. The maximum Gasteiger partial charge on any atom is 0.303 e. The van der Waals surface area contributed by atoms with Gasteiger partial charge in [-0.05, 0) is 42.9 Å². The molecule has 3 atom stereocenters. The minimum absolute atomic E-state index is 0.0816. The number of rotatable bonds is 11. The summed E-state index contributed by atoms with van der Waals surface area (Å²) in [6.07, 6.45) is 6.73. The van der Waals surface area contributed by atoms with Crippen LogP contribution in [0.4, 0.5) is 0 Å². The number of nitrogens with zero attached hydrogens (tertiary/aromatic N) is 1. The molecule has 192 valence electrons. The molecule has 2 aromatic carbocycles. The van der Waals surface area contributed by atoms with Crippen LogP contribution in [0.3, 0.4) is 0 Å². The van der Waals surface area contributed by atoms with E-state index in [2.05, 4.69) is 66.4 Å². The number of morpholine rings is 1. The smallest absolute Gasteiger partial charge is 0.303 e. The first-order valence-electron chi connectivity index (χ1n) is 13.0. The van der Waals surface area contributed by atoms with Gasteiger partial charge in [-0.1, -0.05) is 66.2 Å². The molecule has 2 fully saturated rings. The van der Waals surface area contributed by atoms with Crippen LogP contribution in [0.2, 0.25) is 0 Å². The van der Waals surface area contributed by atoms with Gasteiger partial charge in [-0.15, -0.1) is 0 Å². The molecule has 0 radical (unpaired) electrons. The number of unbranched alkanes of at least 4 members (excludes halogenated alkanes) is 1. The molecule has 0 bridgehead atoms. The summed E-state index contributed by atoms with van der Waals surface area (Å²) < 4.78 is 11.9. The number of benzene rings is 2. The highest BCUT2D eigenvalue weighted by molar-refractivity contribution is 5.87. The predicted molar refractivity (Wildman–Crippen MR) is 140 cm³/mol. The molecule has 6 nitrogen and oxygen atoms in total. The van der Waals surface area contributed by atoms with Crippen molar-refractivity contribution in [3.05, 3.63) is 71.8 Å². The van der Waals surface area contributed by atoms with E-state index in [4.69, 9.17) is 14.6 Å². The van der Waals surface area contributed by atoms with Gasteiger partial charge in [0, 0.05) is 31.8 Å². The number of ether oxygens (including phenoxy) is 2. The molecule has 0 unspecified atom stereocenters. The molecule has 2 aliphatic rings. The maximum atomic E-state index is 13.1. The molecular weight excluding hydrogens is 454 g/mol. The standard InChI is InChI=1S/C30H37NO5/c1-22-8-12-24(13-9-22)25-14-10-23(11-15-25)21-36-28-20-27(32)30(31-16-18-35-19-17-31)26(28)6-4-2-3-5-7-29(33)34/h2,4,8-15,26,28,30H,3,5-7,16-21H2,1H3,(H,33,34)/t26-,28-,30+/m0/s1. The molecule has 0 spiro atoms. The Hall–Kier alpha value is -2.80. The van der Waals surface area contributed by atoms with E-state index < -0.39 is 5.97 Å². The van der Waals surface area contributed by atoms with Gasteiger partial charge in [-0.3, -0.25) is 14.5 Å². The van der Waals surface area contributed by atoms with Crippen LogP contribution in [0.5, 0.6) is 0 Å². The number of hydrogen-bond donors (Lipinski definition) is 1. The van der Waals surface area contributed by atoms with Gasteiger partial charge >= 0.3 is 5.97 Å². The third-order valence-electron chi connectivity index (χ3n) is 7.19. The number of hydrogen-bond acceptors (Lipinski definition) is 5. The van der Waals surface area contributed by atoms with Crippen LogP contribution >= 0.6 is 0 Å². The zero-order chi connectivity index (χ0) is 25.3. The lowest BCUT2D eigenvalue weighted by Crippen LogP contribution is -2.49. The van der Waals surface area contributed by atoms with Crippen LogP contribution in [0, 0.1) is 12.8 Å².